The van der Waals surface area contributed by atoms with Crippen LogP contribution in [0.5, 0.6) is 5.75 Å². The molecule has 3 rings (SSSR count). The van der Waals surface area contributed by atoms with Crippen LogP contribution in [0.4, 0.5) is 5.69 Å². The van der Waals surface area contributed by atoms with Gasteiger partial charge in [-0.15, -0.1) is 0 Å². The molecule has 7 nitrogen and oxygen atoms in total. The predicted molar refractivity (Wildman–Crippen MR) is 121 cm³/mol. The standard InChI is InChI=1S/C24H27N3O4/c1-2-31-21-8-5-6-19(18-21)10-13-24(29)27-16-14-26(15-17-27)22-9-4-3-7-20(22)11-12-23(28)25-30/h3-13,18,30H,2,14-17H2,1H3,(H,25,28)/b12-11+,13-10+. The highest BCUT2D eigenvalue weighted by molar-refractivity contribution is 5.92. The molecule has 7 heteroatoms. The molecular weight excluding hydrogens is 394 g/mol. The molecule has 0 atom stereocenters. The van der Waals surface area contributed by atoms with Crippen molar-refractivity contribution in [3.8, 4) is 5.75 Å². The van der Waals surface area contributed by atoms with Crippen molar-refractivity contribution in [1.29, 1.82) is 0 Å². The maximum atomic E-state index is 12.6. The van der Waals surface area contributed by atoms with Crippen LogP contribution in [-0.2, 0) is 9.59 Å². The van der Waals surface area contributed by atoms with Gasteiger partial charge in [0.15, 0.2) is 0 Å². The number of rotatable bonds is 7. The van der Waals surface area contributed by atoms with Crippen LogP contribution >= 0.6 is 0 Å². The monoisotopic (exact) mass is 421 g/mol. The van der Waals surface area contributed by atoms with E-state index in [-0.39, 0.29) is 5.91 Å². The number of carbonyl (C=O) groups is 2. The molecule has 0 saturated carbocycles. The summed E-state index contributed by atoms with van der Waals surface area (Å²) in [6.45, 7) is 5.14. The Labute approximate surface area is 182 Å². The number of hydrogen-bond donors (Lipinski definition) is 2. The number of para-hydroxylation sites is 1. The van der Waals surface area contributed by atoms with E-state index in [4.69, 9.17) is 9.94 Å². The van der Waals surface area contributed by atoms with Crippen LogP contribution < -0.4 is 15.1 Å². The van der Waals surface area contributed by atoms with Crippen LogP contribution in [0.1, 0.15) is 18.1 Å². The van der Waals surface area contributed by atoms with Crippen LogP contribution in [0.3, 0.4) is 0 Å². The maximum absolute atomic E-state index is 12.6. The molecule has 0 unspecified atom stereocenters. The molecule has 0 aromatic heterocycles. The van der Waals surface area contributed by atoms with Gasteiger partial charge in [-0.25, -0.2) is 5.48 Å². The minimum absolute atomic E-state index is 0.0192. The Kier molecular flexibility index (Phi) is 7.84. The first-order valence-electron chi connectivity index (χ1n) is 10.3. The second-order valence-electron chi connectivity index (χ2n) is 7.02. The number of nitrogens with one attached hydrogen (secondary N) is 1. The summed E-state index contributed by atoms with van der Waals surface area (Å²) < 4.78 is 5.50. The Morgan fingerprint density at radius 2 is 1.81 bits per heavy atom. The summed E-state index contributed by atoms with van der Waals surface area (Å²) >= 11 is 0. The molecule has 2 N–H and O–H groups in total. The number of ether oxygens (including phenoxy) is 1. The molecule has 0 aliphatic carbocycles. The van der Waals surface area contributed by atoms with Crippen molar-refractivity contribution < 1.29 is 19.5 Å². The SMILES string of the molecule is CCOc1cccc(/C=C/C(=O)N2CCN(c3ccccc3/C=C/C(=O)NO)CC2)c1. The summed E-state index contributed by atoms with van der Waals surface area (Å²) in [6.07, 6.45) is 6.36. The van der Waals surface area contributed by atoms with Gasteiger partial charge in [0, 0.05) is 44.0 Å². The fourth-order valence-corrected chi connectivity index (χ4v) is 3.43. The number of anilines is 1. The highest BCUT2D eigenvalue weighted by Gasteiger charge is 2.21. The summed E-state index contributed by atoms with van der Waals surface area (Å²) in [5, 5.41) is 8.66. The molecule has 1 saturated heterocycles. The summed E-state index contributed by atoms with van der Waals surface area (Å²) in [5.41, 5.74) is 4.37. The lowest BCUT2D eigenvalue weighted by atomic mass is 10.1. The third kappa shape index (κ3) is 6.20. The second-order valence-corrected chi connectivity index (χ2v) is 7.02. The average Bonchev–Trinajstić information content (AvgIpc) is 2.82. The minimum atomic E-state index is -0.580. The first kappa shape index (κ1) is 22.1. The molecule has 0 radical (unpaired) electrons. The molecule has 162 valence electrons. The van der Waals surface area contributed by atoms with E-state index in [0.717, 1.165) is 22.6 Å². The predicted octanol–water partition coefficient (Wildman–Crippen LogP) is 2.97. The summed E-state index contributed by atoms with van der Waals surface area (Å²) in [4.78, 5) is 27.9. The number of amides is 2. The molecule has 1 heterocycles. The third-order valence-electron chi connectivity index (χ3n) is 4.98. The van der Waals surface area contributed by atoms with Crippen LogP contribution in [0.25, 0.3) is 12.2 Å². The molecule has 31 heavy (non-hydrogen) atoms. The number of benzene rings is 2. The first-order valence-corrected chi connectivity index (χ1v) is 10.3. The fraction of sp³-hybridized carbons (Fsp3) is 0.250. The number of piperazine rings is 1. The van der Waals surface area contributed by atoms with Crippen LogP contribution in [0.2, 0.25) is 0 Å². The van der Waals surface area contributed by atoms with Crippen LogP contribution in [0.15, 0.2) is 60.7 Å². The van der Waals surface area contributed by atoms with Gasteiger partial charge in [0.05, 0.1) is 6.61 Å². The average molecular weight is 421 g/mol. The van der Waals surface area contributed by atoms with E-state index >= 15 is 0 Å². The smallest absolute Gasteiger partial charge is 0.267 e. The quantitative estimate of drug-likeness (QED) is 0.408. The maximum Gasteiger partial charge on any atom is 0.267 e. The zero-order valence-corrected chi connectivity index (χ0v) is 17.5. The summed E-state index contributed by atoms with van der Waals surface area (Å²) in [5.74, 6) is 0.188. The van der Waals surface area contributed by atoms with Gasteiger partial charge >= 0.3 is 0 Å². The largest absolute Gasteiger partial charge is 0.494 e. The van der Waals surface area contributed by atoms with Gasteiger partial charge in [-0.3, -0.25) is 14.8 Å². The van der Waals surface area contributed by atoms with Gasteiger partial charge < -0.3 is 14.5 Å². The van der Waals surface area contributed by atoms with Gasteiger partial charge in [-0.05, 0) is 48.4 Å². The van der Waals surface area contributed by atoms with Crippen molar-refractivity contribution in [3.05, 3.63) is 71.8 Å². The highest BCUT2D eigenvalue weighted by atomic mass is 16.5. The van der Waals surface area contributed by atoms with Gasteiger partial charge in [-0.2, -0.15) is 0 Å². The highest BCUT2D eigenvalue weighted by Crippen LogP contribution is 2.23. The van der Waals surface area contributed by atoms with E-state index in [1.165, 1.54) is 6.08 Å². The van der Waals surface area contributed by atoms with E-state index < -0.39 is 5.91 Å². The lowest BCUT2D eigenvalue weighted by Gasteiger charge is -2.36. The third-order valence-corrected chi connectivity index (χ3v) is 4.98. The molecule has 2 aromatic rings. The van der Waals surface area contributed by atoms with Crippen LogP contribution in [0, 0.1) is 0 Å². The molecule has 0 bridgehead atoms. The van der Waals surface area contributed by atoms with Gasteiger partial charge in [0.1, 0.15) is 5.75 Å². The molecule has 1 fully saturated rings. The normalized spacial score (nSPS) is 14.3. The van der Waals surface area contributed by atoms with E-state index in [2.05, 4.69) is 4.90 Å². The van der Waals surface area contributed by atoms with Crippen molar-refractivity contribution in [3.63, 3.8) is 0 Å². The molecule has 0 spiro atoms. The Balaban J connectivity index is 1.60. The van der Waals surface area contributed by atoms with Gasteiger partial charge in [-0.1, -0.05) is 30.3 Å². The first-order chi connectivity index (χ1) is 15.1. The van der Waals surface area contributed by atoms with E-state index in [9.17, 15) is 9.59 Å². The van der Waals surface area contributed by atoms with Crippen molar-refractivity contribution in [2.45, 2.75) is 6.92 Å². The minimum Gasteiger partial charge on any atom is -0.494 e. The van der Waals surface area contributed by atoms with Crippen LogP contribution in [-0.4, -0.2) is 54.7 Å². The Hall–Kier alpha value is -3.58. The van der Waals surface area contributed by atoms with E-state index in [1.54, 1.807) is 17.6 Å². The second kappa shape index (κ2) is 11.0. The topological polar surface area (TPSA) is 82.1 Å². The van der Waals surface area contributed by atoms with E-state index in [0.29, 0.717) is 32.8 Å². The van der Waals surface area contributed by atoms with Gasteiger partial charge in [0.2, 0.25) is 5.91 Å². The van der Waals surface area contributed by atoms with Gasteiger partial charge in [0.25, 0.3) is 5.91 Å². The number of nitrogens with zero attached hydrogens (tertiary/aromatic N) is 2. The van der Waals surface area contributed by atoms with Crippen molar-refractivity contribution >= 4 is 29.7 Å². The number of hydroxylamine groups is 1. The lowest BCUT2D eigenvalue weighted by molar-refractivity contribution is -0.126. The number of hydrogen-bond acceptors (Lipinski definition) is 5. The van der Waals surface area contributed by atoms with Crippen molar-refractivity contribution in [2.75, 3.05) is 37.7 Å². The molecule has 2 amide bonds. The number of carbonyl (C=O) groups excluding carboxylic acids is 2. The Bertz CT molecular complexity index is 963. The van der Waals surface area contributed by atoms with Crippen molar-refractivity contribution in [1.82, 2.24) is 10.4 Å². The fourth-order valence-electron chi connectivity index (χ4n) is 3.43. The molecule has 1 aliphatic heterocycles. The zero-order valence-electron chi connectivity index (χ0n) is 17.5. The summed E-state index contributed by atoms with van der Waals surface area (Å²) in [7, 11) is 0. The van der Waals surface area contributed by atoms with E-state index in [1.807, 2.05) is 66.4 Å². The molecule has 1 aliphatic rings. The Morgan fingerprint density at radius 3 is 2.55 bits per heavy atom. The van der Waals surface area contributed by atoms with Crippen molar-refractivity contribution in [2.24, 2.45) is 0 Å². The lowest BCUT2D eigenvalue weighted by Crippen LogP contribution is -2.48. The zero-order chi connectivity index (χ0) is 22.1. The molecule has 2 aromatic carbocycles. The summed E-state index contributed by atoms with van der Waals surface area (Å²) in [6, 6.07) is 15.4. The molecular formula is C24H27N3O4. The Morgan fingerprint density at radius 1 is 1.03 bits per heavy atom.